The van der Waals surface area contributed by atoms with Gasteiger partial charge in [-0.3, -0.25) is 19.1 Å². The van der Waals surface area contributed by atoms with Crippen LogP contribution in [0.3, 0.4) is 0 Å². The number of nitrogens with two attached hydrogens (primary N) is 1. The number of para-hydroxylation sites is 2. The van der Waals surface area contributed by atoms with Gasteiger partial charge in [-0.1, -0.05) is 36.4 Å². The van der Waals surface area contributed by atoms with Gasteiger partial charge in [0, 0.05) is 36.3 Å². The summed E-state index contributed by atoms with van der Waals surface area (Å²) in [6, 6.07) is 21.0. The first-order valence-corrected chi connectivity index (χ1v) is 9.32. The summed E-state index contributed by atoms with van der Waals surface area (Å²) in [4.78, 5) is 28.5. The summed E-state index contributed by atoms with van der Waals surface area (Å²) in [5, 5.41) is 3.84. The Bertz CT molecular complexity index is 1220. The first-order valence-electron chi connectivity index (χ1n) is 9.32. The van der Waals surface area contributed by atoms with E-state index in [1.807, 2.05) is 65.2 Å². The van der Waals surface area contributed by atoms with E-state index in [4.69, 9.17) is 5.73 Å². The first kappa shape index (κ1) is 18.4. The first-order chi connectivity index (χ1) is 14.1. The summed E-state index contributed by atoms with van der Waals surface area (Å²) in [7, 11) is 0. The van der Waals surface area contributed by atoms with Gasteiger partial charge in [0.25, 0.3) is 0 Å². The second kappa shape index (κ2) is 7.98. The van der Waals surface area contributed by atoms with Gasteiger partial charge in [-0.15, -0.1) is 0 Å². The van der Waals surface area contributed by atoms with Crippen molar-refractivity contribution >= 4 is 28.3 Å². The van der Waals surface area contributed by atoms with Gasteiger partial charge in [0.1, 0.15) is 5.82 Å². The number of nitrogens with one attached hydrogen (secondary N) is 1. The summed E-state index contributed by atoms with van der Waals surface area (Å²) >= 11 is 0. The number of amides is 1. The molecule has 0 saturated heterocycles. The van der Waals surface area contributed by atoms with Gasteiger partial charge in [-0.2, -0.15) is 0 Å². The van der Waals surface area contributed by atoms with Crippen LogP contribution in [0.25, 0.3) is 16.6 Å². The number of hydrogen-bond acceptors (Lipinski definition) is 4. The van der Waals surface area contributed by atoms with E-state index in [2.05, 4.69) is 10.3 Å². The molecule has 0 atom stereocenters. The van der Waals surface area contributed by atoms with Crippen LogP contribution in [0.5, 0.6) is 0 Å². The molecule has 2 aromatic heterocycles. The Morgan fingerprint density at radius 1 is 1.00 bits per heavy atom. The minimum Gasteiger partial charge on any atom is -0.370 e. The molecule has 4 aromatic rings. The molecule has 144 valence electrons. The van der Waals surface area contributed by atoms with Gasteiger partial charge in [-0.05, 0) is 36.2 Å². The summed E-state index contributed by atoms with van der Waals surface area (Å²) < 4.78 is 1.99. The van der Waals surface area contributed by atoms with Crippen molar-refractivity contribution in [3.63, 3.8) is 0 Å². The Morgan fingerprint density at radius 2 is 1.69 bits per heavy atom. The van der Waals surface area contributed by atoms with Crippen LogP contribution < -0.4 is 16.5 Å². The summed E-state index contributed by atoms with van der Waals surface area (Å²) in [5.74, 6) is 0.237. The normalized spacial score (nSPS) is 10.8. The fourth-order valence-corrected chi connectivity index (χ4v) is 3.38. The second-order valence-electron chi connectivity index (χ2n) is 6.72. The van der Waals surface area contributed by atoms with E-state index in [1.165, 1.54) is 0 Å². The Labute approximate surface area is 167 Å². The van der Waals surface area contributed by atoms with Crippen molar-refractivity contribution in [2.75, 3.05) is 5.32 Å². The number of carbonyl (C=O) groups excluding carboxylic acids is 1. The number of rotatable bonds is 6. The van der Waals surface area contributed by atoms with Crippen LogP contribution in [-0.2, 0) is 11.2 Å². The quantitative estimate of drug-likeness (QED) is 0.532. The Morgan fingerprint density at radius 3 is 2.38 bits per heavy atom. The molecule has 0 bridgehead atoms. The number of aryl methyl sites for hydroxylation is 1. The Hall–Kier alpha value is -3.93. The molecule has 2 aromatic carbocycles. The zero-order chi connectivity index (χ0) is 20.2. The third kappa shape index (κ3) is 3.87. The van der Waals surface area contributed by atoms with E-state index in [0.29, 0.717) is 17.6 Å². The van der Waals surface area contributed by atoms with Crippen molar-refractivity contribution < 1.29 is 4.79 Å². The van der Waals surface area contributed by atoms with Crippen LogP contribution in [0.1, 0.15) is 12.0 Å². The second-order valence-corrected chi connectivity index (χ2v) is 6.72. The van der Waals surface area contributed by atoms with Gasteiger partial charge in [0.2, 0.25) is 5.91 Å². The van der Waals surface area contributed by atoms with Crippen molar-refractivity contribution in [2.24, 2.45) is 5.73 Å². The molecule has 4 rings (SSSR count). The standard InChI is InChI=1S/C23H20N4O2/c24-21(29)12-11-16-14-25-15-19-20(28)13-22(26-17-7-3-1-4-8-17)27(23(16)19)18-9-5-2-6-10-18/h1-10,13-15,26H,11-12H2,(H2,24,29). The van der Waals surface area contributed by atoms with E-state index < -0.39 is 5.91 Å². The maximum atomic E-state index is 12.9. The van der Waals surface area contributed by atoms with Crippen molar-refractivity contribution in [3.8, 4) is 5.69 Å². The molecule has 0 aliphatic rings. The minimum atomic E-state index is -0.394. The van der Waals surface area contributed by atoms with Gasteiger partial charge in [0.05, 0.1) is 10.9 Å². The van der Waals surface area contributed by atoms with Crippen LogP contribution >= 0.6 is 0 Å². The number of fused-ring (bicyclic) bond motifs is 1. The molecule has 0 spiro atoms. The highest BCUT2D eigenvalue weighted by Crippen LogP contribution is 2.27. The highest BCUT2D eigenvalue weighted by molar-refractivity contribution is 5.86. The van der Waals surface area contributed by atoms with E-state index in [1.54, 1.807) is 18.5 Å². The number of anilines is 2. The lowest BCUT2D eigenvalue weighted by molar-refractivity contribution is -0.117. The molecule has 0 aliphatic carbocycles. The molecule has 1 amide bonds. The van der Waals surface area contributed by atoms with E-state index >= 15 is 0 Å². The largest absolute Gasteiger partial charge is 0.370 e. The Kier molecular flexibility index (Phi) is 5.07. The predicted octanol–water partition coefficient (Wildman–Crippen LogP) is 3.55. The maximum Gasteiger partial charge on any atom is 0.217 e. The van der Waals surface area contributed by atoms with E-state index in [-0.39, 0.29) is 11.8 Å². The molecular weight excluding hydrogens is 364 g/mol. The van der Waals surface area contributed by atoms with Crippen LogP contribution in [0.2, 0.25) is 0 Å². The lowest BCUT2D eigenvalue weighted by Crippen LogP contribution is -2.16. The molecule has 0 unspecified atom stereocenters. The molecule has 3 N–H and O–H groups in total. The zero-order valence-corrected chi connectivity index (χ0v) is 15.7. The molecule has 0 radical (unpaired) electrons. The summed E-state index contributed by atoms with van der Waals surface area (Å²) in [6.45, 7) is 0. The highest BCUT2D eigenvalue weighted by atomic mass is 16.1. The smallest absolute Gasteiger partial charge is 0.217 e. The lowest BCUT2D eigenvalue weighted by atomic mass is 10.1. The molecular formula is C23H20N4O2. The average molecular weight is 384 g/mol. The number of pyridine rings is 2. The fourth-order valence-electron chi connectivity index (χ4n) is 3.38. The van der Waals surface area contributed by atoms with Gasteiger partial charge in [-0.25, -0.2) is 0 Å². The summed E-state index contributed by atoms with van der Waals surface area (Å²) in [5.41, 5.74) is 8.48. The molecule has 0 fully saturated rings. The van der Waals surface area contributed by atoms with Gasteiger partial charge >= 0.3 is 0 Å². The van der Waals surface area contributed by atoms with Crippen LogP contribution in [0, 0.1) is 0 Å². The fraction of sp³-hybridized carbons (Fsp3) is 0.0870. The number of carbonyl (C=O) groups is 1. The molecule has 6 heteroatoms. The minimum absolute atomic E-state index is 0.140. The number of hydrogen-bond donors (Lipinski definition) is 2. The molecule has 2 heterocycles. The van der Waals surface area contributed by atoms with Crippen LogP contribution in [0.15, 0.2) is 83.9 Å². The topological polar surface area (TPSA) is 90.0 Å². The predicted molar refractivity (Wildman–Crippen MR) is 115 cm³/mol. The third-order valence-electron chi connectivity index (χ3n) is 4.69. The number of aromatic nitrogens is 2. The van der Waals surface area contributed by atoms with Crippen LogP contribution in [0.4, 0.5) is 11.5 Å². The lowest BCUT2D eigenvalue weighted by Gasteiger charge is -2.20. The molecule has 0 saturated carbocycles. The SMILES string of the molecule is NC(=O)CCc1cncc2c(=O)cc(Nc3ccccc3)n(-c3ccccc3)c12. The average Bonchev–Trinajstić information content (AvgIpc) is 2.74. The van der Waals surface area contributed by atoms with Crippen molar-refractivity contribution in [2.45, 2.75) is 12.8 Å². The summed E-state index contributed by atoms with van der Waals surface area (Å²) in [6.07, 6.45) is 3.84. The molecule has 29 heavy (non-hydrogen) atoms. The third-order valence-corrected chi connectivity index (χ3v) is 4.69. The van der Waals surface area contributed by atoms with Crippen molar-refractivity contribution in [1.82, 2.24) is 9.55 Å². The van der Waals surface area contributed by atoms with E-state index in [0.717, 1.165) is 22.5 Å². The van der Waals surface area contributed by atoms with E-state index in [9.17, 15) is 9.59 Å². The van der Waals surface area contributed by atoms with Gasteiger partial charge < -0.3 is 11.1 Å². The zero-order valence-electron chi connectivity index (χ0n) is 15.7. The van der Waals surface area contributed by atoms with Crippen molar-refractivity contribution in [3.05, 3.63) is 94.9 Å². The van der Waals surface area contributed by atoms with Crippen molar-refractivity contribution in [1.29, 1.82) is 0 Å². The number of nitrogens with zero attached hydrogens (tertiary/aromatic N) is 2. The van der Waals surface area contributed by atoms with Gasteiger partial charge in [0.15, 0.2) is 5.43 Å². The molecule has 6 nitrogen and oxygen atoms in total. The number of benzene rings is 2. The number of primary amides is 1. The monoisotopic (exact) mass is 384 g/mol. The maximum absolute atomic E-state index is 12.9. The molecule has 0 aliphatic heterocycles. The highest BCUT2D eigenvalue weighted by Gasteiger charge is 2.15. The van der Waals surface area contributed by atoms with Crippen LogP contribution in [-0.4, -0.2) is 15.5 Å². The Balaban J connectivity index is 2.00.